The van der Waals surface area contributed by atoms with Crippen LogP contribution in [0.1, 0.15) is 22.7 Å². The fourth-order valence-corrected chi connectivity index (χ4v) is 6.44. The zero-order valence-corrected chi connectivity index (χ0v) is 23.4. The Kier molecular flexibility index (Phi) is 5.78. The van der Waals surface area contributed by atoms with Gasteiger partial charge in [0.1, 0.15) is 0 Å². The Morgan fingerprint density at radius 2 is 1.62 bits per heavy atom. The number of para-hydroxylation sites is 1. The summed E-state index contributed by atoms with van der Waals surface area (Å²) in [5.74, 6) is 0. The van der Waals surface area contributed by atoms with Crippen LogP contribution in [0.4, 0.5) is 0 Å². The molecule has 0 fully saturated rings. The third-order valence-electron chi connectivity index (χ3n) is 8.50. The second-order valence-corrected chi connectivity index (χ2v) is 11.0. The minimum absolute atomic E-state index is 0.197. The van der Waals surface area contributed by atoms with Crippen molar-refractivity contribution in [2.24, 2.45) is 0 Å². The van der Waals surface area contributed by atoms with Crippen LogP contribution in [0.3, 0.4) is 0 Å². The maximum atomic E-state index is 4.18. The van der Waals surface area contributed by atoms with Crippen LogP contribution in [-0.4, -0.2) is 28.0 Å². The number of aromatic nitrogens is 2. The molecule has 0 spiro atoms. The van der Waals surface area contributed by atoms with Gasteiger partial charge in [0.2, 0.25) is 0 Å². The zero-order valence-electron chi connectivity index (χ0n) is 23.4. The summed E-state index contributed by atoms with van der Waals surface area (Å²) >= 11 is 0. The summed E-state index contributed by atoms with van der Waals surface area (Å²) in [6.07, 6.45) is 16.9. The van der Waals surface area contributed by atoms with E-state index in [1.807, 2.05) is 12.4 Å². The van der Waals surface area contributed by atoms with Crippen molar-refractivity contribution >= 4 is 43.8 Å². The second kappa shape index (κ2) is 9.93. The van der Waals surface area contributed by atoms with Crippen molar-refractivity contribution in [3.63, 3.8) is 0 Å². The Labute approximate surface area is 245 Å². The molecule has 2 aromatic heterocycles. The quantitative estimate of drug-likeness (QED) is 0.243. The van der Waals surface area contributed by atoms with E-state index in [0.29, 0.717) is 0 Å². The van der Waals surface area contributed by atoms with E-state index in [2.05, 4.69) is 154 Å². The van der Waals surface area contributed by atoms with Gasteiger partial charge in [-0.05, 0) is 70.1 Å². The van der Waals surface area contributed by atoms with Gasteiger partial charge in [0.15, 0.2) is 0 Å². The average molecular weight is 543 g/mol. The molecule has 0 aliphatic carbocycles. The molecule has 4 aromatic carbocycles. The topological polar surface area (TPSA) is 33.1 Å². The SMILES string of the molecule is CN1C=C(c2ccc3c4ccc5cc(C6=CC=CCN6)ccc5c4n(-c4ccccc4)c3c2)C=CC1c1ccncc1. The van der Waals surface area contributed by atoms with Crippen molar-refractivity contribution in [2.45, 2.75) is 6.04 Å². The molecule has 202 valence electrons. The smallest absolute Gasteiger partial charge is 0.0722 e. The fraction of sp³-hybridized carbons (Fsp3) is 0.0789. The number of fused-ring (bicyclic) bond motifs is 5. The van der Waals surface area contributed by atoms with Crippen LogP contribution in [0.15, 0.2) is 140 Å². The number of benzene rings is 4. The van der Waals surface area contributed by atoms with Crippen LogP contribution in [0.25, 0.3) is 49.5 Å². The molecular weight excluding hydrogens is 512 g/mol. The molecule has 0 saturated heterocycles. The average Bonchev–Trinajstić information content (AvgIpc) is 3.40. The highest BCUT2D eigenvalue weighted by atomic mass is 15.1. The number of allylic oxidation sites excluding steroid dienone is 4. The number of hydrogen-bond acceptors (Lipinski definition) is 3. The van der Waals surface area contributed by atoms with E-state index in [-0.39, 0.29) is 6.04 Å². The lowest BCUT2D eigenvalue weighted by Crippen LogP contribution is -2.20. The highest BCUT2D eigenvalue weighted by Crippen LogP contribution is 2.39. The Bertz CT molecular complexity index is 2100. The van der Waals surface area contributed by atoms with Gasteiger partial charge in [0, 0.05) is 59.7 Å². The van der Waals surface area contributed by atoms with Gasteiger partial charge in [0.25, 0.3) is 0 Å². The predicted molar refractivity (Wildman–Crippen MR) is 175 cm³/mol. The van der Waals surface area contributed by atoms with E-state index in [1.165, 1.54) is 54.8 Å². The Morgan fingerprint density at radius 1 is 0.810 bits per heavy atom. The first-order valence-corrected chi connectivity index (χ1v) is 14.4. The van der Waals surface area contributed by atoms with E-state index < -0.39 is 0 Å². The van der Waals surface area contributed by atoms with Gasteiger partial charge < -0.3 is 14.8 Å². The van der Waals surface area contributed by atoms with Crippen molar-refractivity contribution in [3.05, 3.63) is 157 Å². The molecule has 4 heterocycles. The number of nitrogens with zero attached hydrogens (tertiary/aromatic N) is 3. The third-order valence-corrected chi connectivity index (χ3v) is 8.50. The van der Waals surface area contributed by atoms with Crippen molar-refractivity contribution in [3.8, 4) is 5.69 Å². The third kappa shape index (κ3) is 4.03. The highest BCUT2D eigenvalue weighted by Gasteiger charge is 2.19. The maximum absolute atomic E-state index is 4.18. The van der Waals surface area contributed by atoms with Crippen LogP contribution < -0.4 is 5.32 Å². The number of rotatable bonds is 4. The van der Waals surface area contributed by atoms with E-state index >= 15 is 0 Å². The number of likely N-dealkylation sites (N-methyl/N-ethyl adjacent to an activating group) is 1. The largest absolute Gasteiger partial charge is 0.381 e. The van der Waals surface area contributed by atoms with Gasteiger partial charge in [-0.3, -0.25) is 4.98 Å². The molecule has 1 unspecified atom stereocenters. The van der Waals surface area contributed by atoms with Crippen molar-refractivity contribution in [2.75, 3.05) is 13.6 Å². The molecule has 0 bridgehead atoms. The lowest BCUT2D eigenvalue weighted by Gasteiger charge is -2.28. The summed E-state index contributed by atoms with van der Waals surface area (Å²) in [5.41, 5.74) is 9.63. The van der Waals surface area contributed by atoms with E-state index in [4.69, 9.17) is 0 Å². The molecular formula is C38H30N4. The van der Waals surface area contributed by atoms with Gasteiger partial charge in [0.05, 0.1) is 17.1 Å². The fourth-order valence-electron chi connectivity index (χ4n) is 6.44. The second-order valence-electron chi connectivity index (χ2n) is 11.0. The van der Waals surface area contributed by atoms with Gasteiger partial charge >= 0.3 is 0 Å². The molecule has 2 aliphatic heterocycles. The Hall–Kier alpha value is -5.35. The lowest BCUT2D eigenvalue weighted by molar-refractivity contribution is 0.391. The van der Waals surface area contributed by atoms with Crippen LogP contribution in [0.5, 0.6) is 0 Å². The minimum Gasteiger partial charge on any atom is -0.381 e. The van der Waals surface area contributed by atoms with Crippen LogP contribution >= 0.6 is 0 Å². The number of pyridine rings is 1. The van der Waals surface area contributed by atoms with E-state index in [9.17, 15) is 0 Å². The maximum Gasteiger partial charge on any atom is 0.0722 e. The summed E-state index contributed by atoms with van der Waals surface area (Å²) < 4.78 is 2.44. The summed E-state index contributed by atoms with van der Waals surface area (Å²) in [4.78, 5) is 6.46. The van der Waals surface area contributed by atoms with Gasteiger partial charge in [-0.1, -0.05) is 78.9 Å². The van der Waals surface area contributed by atoms with E-state index in [1.54, 1.807) is 0 Å². The van der Waals surface area contributed by atoms with Crippen LogP contribution in [0, 0.1) is 0 Å². The molecule has 0 amide bonds. The van der Waals surface area contributed by atoms with Crippen molar-refractivity contribution in [1.82, 2.24) is 19.8 Å². The summed E-state index contributed by atoms with van der Waals surface area (Å²) in [6, 6.07) is 33.4. The summed E-state index contributed by atoms with van der Waals surface area (Å²) in [7, 11) is 2.14. The molecule has 0 radical (unpaired) electrons. The monoisotopic (exact) mass is 542 g/mol. The van der Waals surface area contributed by atoms with Crippen molar-refractivity contribution in [1.29, 1.82) is 0 Å². The van der Waals surface area contributed by atoms with E-state index in [0.717, 1.165) is 17.9 Å². The molecule has 0 saturated carbocycles. The van der Waals surface area contributed by atoms with Gasteiger partial charge in [-0.25, -0.2) is 0 Å². The molecule has 2 aliphatic rings. The minimum atomic E-state index is 0.197. The summed E-state index contributed by atoms with van der Waals surface area (Å²) in [5, 5.41) is 8.51. The molecule has 4 nitrogen and oxygen atoms in total. The van der Waals surface area contributed by atoms with Crippen LogP contribution in [0.2, 0.25) is 0 Å². The molecule has 42 heavy (non-hydrogen) atoms. The zero-order chi connectivity index (χ0) is 28.0. The normalized spacial score (nSPS) is 16.6. The number of nitrogens with one attached hydrogen (secondary N) is 1. The van der Waals surface area contributed by atoms with Crippen molar-refractivity contribution < 1.29 is 0 Å². The van der Waals surface area contributed by atoms with Crippen LogP contribution in [-0.2, 0) is 0 Å². The van der Waals surface area contributed by atoms with Gasteiger partial charge in [-0.15, -0.1) is 0 Å². The standard InChI is InChI=1S/C38H30N4/c1-41-25-30(13-17-36(41)26-18-21-39-22-19-26)27-10-15-33-34-16-11-28-23-29(35-9-5-6-20-40-35)12-14-32(28)38(34)42(37(33)24-27)31-7-3-2-4-8-31/h2-19,21-25,36,40H,20H2,1H3. The number of hydrogen-bond donors (Lipinski definition) is 1. The number of dihydropyridines is 1. The highest BCUT2D eigenvalue weighted by molar-refractivity contribution is 6.19. The molecule has 8 rings (SSSR count). The molecule has 1 atom stereocenters. The first kappa shape index (κ1) is 24.4. The first-order valence-electron chi connectivity index (χ1n) is 14.4. The molecule has 4 heteroatoms. The molecule has 1 N–H and O–H groups in total. The first-order chi connectivity index (χ1) is 20.7. The summed E-state index contributed by atoms with van der Waals surface area (Å²) in [6.45, 7) is 0.860. The Balaban J connectivity index is 1.30. The molecule has 6 aromatic rings. The lowest BCUT2D eigenvalue weighted by atomic mass is 9.97. The predicted octanol–water partition coefficient (Wildman–Crippen LogP) is 8.42. The Morgan fingerprint density at radius 3 is 2.43 bits per heavy atom. The van der Waals surface area contributed by atoms with Gasteiger partial charge in [-0.2, -0.15) is 0 Å².